The van der Waals surface area contributed by atoms with Crippen LogP contribution in [0.2, 0.25) is 0 Å². The zero-order valence-corrected chi connectivity index (χ0v) is 12.6. The lowest BCUT2D eigenvalue weighted by Gasteiger charge is -2.21. The third-order valence-corrected chi connectivity index (χ3v) is 3.54. The second kappa shape index (κ2) is 7.21. The Labute approximate surface area is 124 Å². The van der Waals surface area contributed by atoms with E-state index >= 15 is 0 Å². The summed E-state index contributed by atoms with van der Waals surface area (Å²) in [4.78, 5) is 17.4. The number of nitro groups is 1. The van der Waals surface area contributed by atoms with Gasteiger partial charge in [-0.3, -0.25) is 10.1 Å². The molecule has 0 saturated carbocycles. The Morgan fingerprint density at radius 1 is 1.43 bits per heavy atom. The summed E-state index contributed by atoms with van der Waals surface area (Å²) in [7, 11) is 0. The number of pyridine rings is 1. The number of likely N-dealkylation sites (tertiary alicyclic amines) is 1. The Morgan fingerprint density at radius 3 is 2.76 bits per heavy atom. The molecule has 1 atom stereocenters. The molecule has 2 N–H and O–H groups in total. The van der Waals surface area contributed by atoms with Crippen molar-refractivity contribution in [2.45, 2.75) is 32.7 Å². The first-order valence-corrected chi connectivity index (χ1v) is 7.48. The van der Waals surface area contributed by atoms with Gasteiger partial charge in [0.1, 0.15) is 5.82 Å². The predicted molar refractivity (Wildman–Crippen MR) is 83.8 cm³/mol. The molecule has 0 bridgehead atoms. The molecule has 1 aliphatic heterocycles. The molecule has 1 aliphatic rings. The van der Waals surface area contributed by atoms with E-state index in [-0.39, 0.29) is 11.7 Å². The van der Waals surface area contributed by atoms with Crippen molar-refractivity contribution in [1.82, 2.24) is 9.88 Å². The molecule has 7 heteroatoms. The Kier molecular flexibility index (Phi) is 5.32. The number of nitrogens with one attached hydrogen (secondary N) is 2. The van der Waals surface area contributed by atoms with E-state index in [1.807, 2.05) is 13.8 Å². The average Bonchev–Trinajstić information content (AvgIpc) is 2.91. The second-order valence-corrected chi connectivity index (χ2v) is 5.40. The van der Waals surface area contributed by atoms with Gasteiger partial charge in [-0.25, -0.2) is 4.98 Å². The monoisotopic (exact) mass is 293 g/mol. The quantitative estimate of drug-likeness (QED) is 0.593. The number of rotatable bonds is 7. The normalized spacial score (nSPS) is 16.7. The van der Waals surface area contributed by atoms with E-state index in [1.165, 1.54) is 18.9 Å². The Bertz CT molecular complexity index is 488. The fourth-order valence-corrected chi connectivity index (χ4v) is 2.62. The Hall–Kier alpha value is -1.89. The summed E-state index contributed by atoms with van der Waals surface area (Å²) in [5, 5.41) is 17.4. The molecule has 1 aromatic heterocycles. The van der Waals surface area contributed by atoms with Gasteiger partial charge in [-0.2, -0.15) is 0 Å². The van der Waals surface area contributed by atoms with Crippen molar-refractivity contribution in [1.29, 1.82) is 0 Å². The van der Waals surface area contributed by atoms with Crippen LogP contribution in [0.1, 0.15) is 26.7 Å². The highest BCUT2D eigenvalue weighted by Crippen LogP contribution is 2.24. The first kappa shape index (κ1) is 15.5. The molecule has 21 heavy (non-hydrogen) atoms. The minimum absolute atomic E-state index is 0.0184. The summed E-state index contributed by atoms with van der Waals surface area (Å²) in [6, 6.07) is 3.25. The molecular weight excluding hydrogens is 270 g/mol. The van der Waals surface area contributed by atoms with Crippen LogP contribution in [-0.4, -0.2) is 47.0 Å². The SMILES string of the molecule is CCNc1ccc([N+](=O)[O-])c(NC(C)CN2CCCC2)n1. The highest BCUT2D eigenvalue weighted by Gasteiger charge is 2.20. The zero-order chi connectivity index (χ0) is 15.2. The number of hydrogen-bond donors (Lipinski definition) is 2. The van der Waals surface area contributed by atoms with Gasteiger partial charge in [0, 0.05) is 25.2 Å². The Balaban J connectivity index is 2.07. The van der Waals surface area contributed by atoms with E-state index in [2.05, 4.69) is 20.5 Å². The van der Waals surface area contributed by atoms with Gasteiger partial charge in [-0.05, 0) is 45.8 Å². The number of nitrogens with zero attached hydrogens (tertiary/aromatic N) is 3. The van der Waals surface area contributed by atoms with E-state index in [0.717, 1.165) is 26.2 Å². The highest BCUT2D eigenvalue weighted by molar-refractivity contribution is 5.60. The second-order valence-electron chi connectivity index (χ2n) is 5.40. The van der Waals surface area contributed by atoms with Gasteiger partial charge >= 0.3 is 5.69 Å². The number of aromatic nitrogens is 1. The average molecular weight is 293 g/mol. The van der Waals surface area contributed by atoms with Crippen LogP contribution >= 0.6 is 0 Å². The molecule has 1 saturated heterocycles. The van der Waals surface area contributed by atoms with Gasteiger partial charge in [-0.15, -0.1) is 0 Å². The van der Waals surface area contributed by atoms with Crippen molar-refractivity contribution in [3.63, 3.8) is 0 Å². The van der Waals surface area contributed by atoms with Crippen LogP contribution in [-0.2, 0) is 0 Å². The van der Waals surface area contributed by atoms with Gasteiger partial charge in [0.15, 0.2) is 0 Å². The molecule has 0 amide bonds. The minimum Gasteiger partial charge on any atom is -0.370 e. The summed E-state index contributed by atoms with van der Waals surface area (Å²) in [6.45, 7) is 7.83. The number of hydrogen-bond acceptors (Lipinski definition) is 6. The maximum absolute atomic E-state index is 11.1. The van der Waals surface area contributed by atoms with Crippen LogP contribution in [0.4, 0.5) is 17.3 Å². The largest absolute Gasteiger partial charge is 0.370 e. The van der Waals surface area contributed by atoms with Crippen LogP contribution in [0.3, 0.4) is 0 Å². The molecule has 2 heterocycles. The van der Waals surface area contributed by atoms with Gasteiger partial charge in [0.05, 0.1) is 4.92 Å². The van der Waals surface area contributed by atoms with Crippen molar-refractivity contribution in [2.24, 2.45) is 0 Å². The van der Waals surface area contributed by atoms with Crippen LogP contribution in [0.15, 0.2) is 12.1 Å². The van der Waals surface area contributed by atoms with Crippen LogP contribution in [0.25, 0.3) is 0 Å². The lowest BCUT2D eigenvalue weighted by molar-refractivity contribution is -0.384. The molecule has 0 aromatic carbocycles. The molecule has 7 nitrogen and oxygen atoms in total. The maximum atomic E-state index is 11.1. The minimum atomic E-state index is -0.395. The van der Waals surface area contributed by atoms with Gasteiger partial charge in [0.25, 0.3) is 0 Å². The third kappa shape index (κ3) is 4.29. The van der Waals surface area contributed by atoms with Crippen LogP contribution in [0, 0.1) is 10.1 Å². The standard InChI is InChI=1S/C14H23N5O2/c1-3-15-13-7-6-12(19(20)21)14(17-13)16-11(2)10-18-8-4-5-9-18/h6-7,11H,3-5,8-10H2,1-2H3,(H2,15,16,17). The topological polar surface area (TPSA) is 83.3 Å². The van der Waals surface area contributed by atoms with Gasteiger partial charge in [0.2, 0.25) is 5.82 Å². The predicted octanol–water partition coefficient (Wildman–Crippen LogP) is 2.32. The zero-order valence-electron chi connectivity index (χ0n) is 12.6. The van der Waals surface area contributed by atoms with Crippen LogP contribution < -0.4 is 10.6 Å². The lowest BCUT2D eigenvalue weighted by atomic mass is 10.3. The lowest BCUT2D eigenvalue weighted by Crippen LogP contribution is -2.33. The molecule has 0 spiro atoms. The van der Waals surface area contributed by atoms with Crippen molar-refractivity contribution in [3.05, 3.63) is 22.2 Å². The van der Waals surface area contributed by atoms with E-state index < -0.39 is 4.92 Å². The van der Waals surface area contributed by atoms with Crippen molar-refractivity contribution >= 4 is 17.3 Å². The van der Waals surface area contributed by atoms with Crippen molar-refractivity contribution in [3.8, 4) is 0 Å². The van der Waals surface area contributed by atoms with Crippen molar-refractivity contribution in [2.75, 3.05) is 36.8 Å². The summed E-state index contributed by atoms with van der Waals surface area (Å²) in [5.74, 6) is 0.990. The molecule has 1 aromatic rings. The van der Waals surface area contributed by atoms with E-state index in [9.17, 15) is 10.1 Å². The fourth-order valence-electron chi connectivity index (χ4n) is 2.62. The fraction of sp³-hybridized carbons (Fsp3) is 0.643. The third-order valence-electron chi connectivity index (χ3n) is 3.54. The molecule has 116 valence electrons. The van der Waals surface area contributed by atoms with Crippen molar-refractivity contribution < 1.29 is 4.92 Å². The molecule has 1 fully saturated rings. The van der Waals surface area contributed by atoms with Gasteiger partial charge in [-0.1, -0.05) is 0 Å². The summed E-state index contributed by atoms with van der Waals surface area (Å²) >= 11 is 0. The summed E-state index contributed by atoms with van der Waals surface area (Å²) in [5.41, 5.74) is 0.0184. The van der Waals surface area contributed by atoms with Gasteiger partial charge < -0.3 is 15.5 Å². The van der Waals surface area contributed by atoms with Crippen LogP contribution in [0.5, 0.6) is 0 Å². The van der Waals surface area contributed by atoms with E-state index in [0.29, 0.717) is 11.6 Å². The molecule has 1 unspecified atom stereocenters. The number of anilines is 2. The van der Waals surface area contributed by atoms with E-state index in [1.54, 1.807) is 6.07 Å². The maximum Gasteiger partial charge on any atom is 0.311 e. The summed E-state index contributed by atoms with van der Waals surface area (Å²) < 4.78 is 0. The first-order valence-electron chi connectivity index (χ1n) is 7.48. The molecular formula is C14H23N5O2. The first-order chi connectivity index (χ1) is 10.1. The molecule has 0 aliphatic carbocycles. The smallest absolute Gasteiger partial charge is 0.311 e. The summed E-state index contributed by atoms with van der Waals surface area (Å²) in [6.07, 6.45) is 2.47. The molecule has 0 radical (unpaired) electrons. The molecule has 2 rings (SSSR count). The van der Waals surface area contributed by atoms with E-state index in [4.69, 9.17) is 0 Å². The highest BCUT2D eigenvalue weighted by atomic mass is 16.6. The Morgan fingerprint density at radius 2 is 2.14 bits per heavy atom.